The molecule has 0 fully saturated rings. The van der Waals surface area contributed by atoms with Crippen LogP contribution in [-0.2, 0) is 22.6 Å². The van der Waals surface area contributed by atoms with E-state index in [4.69, 9.17) is 14.2 Å². The summed E-state index contributed by atoms with van der Waals surface area (Å²) in [6, 6.07) is 12.7. The predicted octanol–water partition coefficient (Wildman–Crippen LogP) is 3.69. The Kier molecular flexibility index (Phi) is 7.98. The first-order valence-electron chi connectivity index (χ1n) is 11.0. The van der Waals surface area contributed by atoms with E-state index in [2.05, 4.69) is 5.32 Å². The highest BCUT2D eigenvalue weighted by atomic mass is 16.7. The van der Waals surface area contributed by atoms with Crippen LogP contribution in [-0.4, -0.2) is 42.7 Å². The number of aryl methyl sites for hydroxylation is 1. The lowest BCUT2D eigenvalue weighted by Crippen LogP contribution is -2.50. The normalized spacial score (nSPS) is 13.0. The number of hydrogen-bond acceptors (Lipinski definition) is 5. The van der Waals surface area contributed by atoms with Crippen molar-refractivity contribution in [3.05, 3.63) is 53.6 Å². The van der Waals surface area contributed by atoms with Gasteiger partial charge in [0, 0.05) is 19.0 Å². The van der Waals surface area contributed by atoms with Crippen LogP contribution in [0.2, 0.25) is 0 Å². The summed E-state index contributed by atoms with van der Waals surface area (Å²) in [4.78, 5) is 27.9. The zero-order valence-corrected chi connectivity index (χ0v) is 19.2. The zero-order valence-electron chi connectivity index (χ0n) is 19.2. The quantitative estimate of drug-likeness (QED) is 0.610. The number of fused-ring (bicyclic) bond motifs is 1. The molecule has 0 aliphatic carbocycles. The van der Waals surface area contributed by atoms with Crippen molar-refractivity contribution >= 4 is 11.8 Å². The Hall–Kier alpha value is -3.22. The molecule has 0 aromatic heterocycles. The molecule has 2 aromatic rings. The molecule has 0 spiro atoms. The maximum atomic E-state index is 13.4. The number of benzene rings is 2. The molecule has 0 bridgehead atoms. The minimum absolute atomic E-state index is 0.000968. The van der Waals surface area contributed by atoms with Crippen molar-refractivity contribution in [2.75, 3.05) is 13.9 Å². The van der Waals surface area contributed by atoms with E-state index in [1.165, 1.54) is 0 Å². The molecule has 7 nitrogen and oxygen atoms in total. The second-order valence-corrected chi connectivity index (χ2v) is 8.15. The van der Waals surface area contributed by atoms with Crippen LogP contribution in [0, 0.1) is 0 Å². The van der Waals surface area contributed by atoms with Gasteiger partial charge in [0.1, 0.15) is 11.8 Å². The van der Waals surface area contributed by atoms with E-state index >= 15 is 0 Å². The van der Waals surface area contributed by atoms with Crippen LogP contribution in [0.25, 0.3) is 0 Å². The molecule has 0 unspecified atom stereocenters. The van der Waals surface area contributed by atoms with Crippen molar-refractivity contribution in [3.63, 3.8) is 0 Å². The number of carbonyl (C=O) groups excluding carboxylic acids is 2. The molecular formula is C25H32N2O5. The van der Waals surface area contributed by atoms with Crippen molar-refractivity contribution < 1.29 is 23.8 Å². The molecule has 7 heteroatoms. The smallest absolute Gasteiger partial charge is 0.243 e. The Bertz CT molecular complexity index is 944. The number of hydrogen-bond donors (Lipinski definition) is 1. The standard InChI is InChI=1S/C25H32N2O5/c1-5-21(25(29)26-17(2)3)27(15-19-7-6-8-20(13-19)30-4)24(28)12-10-18-9-11-22-23(14-18)32-16-31-22/h6-9,11,13-14,17,21H,5,10,12,15-16H2,1-4H3,(H,26,29)/t21-/m0/s1. The van der Waals surface area contributed by atoms with E-state index in [-0.39, 0.29) is 31.1 Å². The summed E-state index contributed by atoms with van der Waals surface area (Å²) in [6.07, 6.45) is 1.36. The van der Waals surface area contributed by atoms with Crippen LogP contribution < -0.4 is 19.5 Å². The number of rotatable bonds is 10. The maximum Gasteiger partial charge on any atom is 0.243 e. The molecule has 1 heterocycles. The predicted molar refractivity (Wildman–Crippen MR) is 122 cm³/mol. The average molecular weight is 441 g/mol. The van der Waals surface area contributed by atoms with Gasteiger partial charge in [0.25, 0.3) is 0 Å². The van der Waals surface area contributed by atoms with Gasteiger partial charge < -0.3 is 24.4 Å². The number of nitrogens with zero attached hydrogens (tertiary/aromatic N) is 1. The molecule has 1 aliphatic rings. The molecule has 0 radical (unpaired) electrons. The summed E-state index contributed by atoms with van der Waals surface area (Å²) in [5.41, 5.74) is 1.90. The molecule has 0 saturated carbocycles. The van der Waals surface area contributed by atoms with Crippen LogP contribution in [0.15, 0.2) is 42.5 Å². The fraction of sp³-hybridized carbons (Fsp3) is 0.440. The van der Waals surface area contributed by atoms with Gasteiger partial charge in [0.15, 0.2) is 11.5 Å². The molecule has 32 heavy (non-hydrogen) atoms. The van der Waals surface area contributed by atoms with Crippen LogP contribution in [0.1, 0.15) is 44.7 Å². The van der Waals surface area contributed by atoms with Crippen LogP contribution in [0.5, 0.6) is 17.2 Å². The molecule has 1 N–H and O–H groups in total. The number of carbonyl (C=O) groups is 2. The van der Waals surface area contributed by atoms with Gasteiger partial charge in [0.05, 0.1) is 7.11 Å². The highest BCUT2D eigenvalue weighted by Gasteiger charge is 2.29. The molecule has 3 rings (SSSR count). The first kappa shape index (κ1) is 23.4. The Labute approximate surface area is 189 Å². The van der Waals surface area contributed by atoms with E-state index in [0.29, 0.717) is 25.1 Å². The first-order chi connectivity index (χ1) is 15.4. The fourth-order valence-electron chi connectivity index (χ4n) is 3.76. The lowest BCUT2D eigenvalue weighted by Gasteiger charge is -2.31. The van der Waals surface area contributed by atoms with Gasteiger partial charge in [-0.2, -0.15) is 0 Å². The Morgan fingerprint density at radius 3 is 2.59 bits per heavy atom. The molecule has 2 aromatic carbocycles. The van der Waals surface area contributed by atoms with E-state index < -0.39 is 6.04 Å². The molecule has 2 amide bonds. The van der Waals surface area contributed by atoms with Gasteiger partial charge in [-0.3, -0.25) is 9.59 Å². The highest BCUT2D eigenvalue weighted by Crippen LogP contribution is 2.33. The topological polar surface area (TPSA) is 77.1 Å². The number of amides is 2. The molecule has 1 aliphatic heterocycles. The summed E-state index contributed by atoms with van der Waals surface area (Å²) < 4.78 is 16.1. The summed E-state index contributed by atoms with van der Waals surface area (Å²) in [5, 5.41) is 2.95. The van der Waals surface area contributed by atoms with Gasteiger partial charge in [0.2, 0.25) is 18.6 Å². The Morgan fingerprint density at radius 1 is 1.09 bits per heavy atom. The third kappa shape index (κ3) is 5.93. The van der Waals surface area contributed by atoms with Gasteiger partial charge in [-0.05, 0) is 62.1 Å². The monoisotopic (exact) mass is 440 g/mol. The molecule has 0 saturated heterocycles. The average Bonchev–Trinajstić information content (AvgIpc) is 3.25. The number of ether oxygens (including phenoxy) is 3. The lowest BCUT2D eigenvalue weighted by molar-refractivity contribution is -0.141. The number of methoxy groups -OCH3 is 1. The Balaban J connectivity index is 1.77. The van der Waals surface area contributed by atoms with Crippen molar-refractivity contribution in [2.24, 2.45) is 0 Å². The van der Waals surface area contributed by atoms with Crippen LogP contribution >= 0.6 is 0 Å². The minimum atomic E-state index is -0.548. The van der Waals surface area contributed by atoms with Crippen molar-refractivity contribution in [1.82, 2.24) is 10.2 Å². The van der Waals surface area contributed by atoms with E-state index in [1.807, 2.05) is 63.2 Å². The fourth-order valence-corrected chi connectivity index (χ4v) is 3.76. The summed E-state index contributed by atoms with van der Waals surface area (Å²) in [6.45, 7) is 6.31. The third-order valence-electron chi connectivity index (χ3n) is 5.37. The summed E-state index contributed by atoms with van der Waals surface area (Å²) >= 11 is 0. The molecular weight excluding hydrogens is 408 g/mol. The van der Waals surface area contributed by atoms with Gasteiger partial charge in [-0.25, -0.2) is 0 Å². The Morgan fingerprint density at radius 2 is 1.88 bits per heavy atom. The summed E-state index contributed by atoms with van der Waals surface area (Å²) in [5.74, 6) is 1.93. The van der Waals surface area contributed by atoms with Crippen molar-refractivity contribution in [1.29, 1.82) is 0 Å². The second-order valence-electron chi connectivity index (χ2n) is 8.15. The summed E-state index contributed by atoms with van der Waals surface area (Å²) in [7, 11) is 1.61. The minimum Gasteiger partial charge on any atom is -0.497 e. The lowest BCUT2D eigenvalue weighted by atomic mass is 10.1. The second kappa shape index (κ2) is 10.9. The first-order valence-corrected chi connectivity index (χ1v) is 11.0. The van der Waals surface area contributed by atoms with E-state index in [1.54, 1.807) is 12.0 Å². The van der Waals surface area contributed by atoms with Gasteiger partial charge in [-0.1, -0.05) is 25.1 Å². The van der Waals surface area contributed by atoms with Gasteiger partial charge in [-0.15, -0.1) is 0 Å². The van der Waals surface area contributed by atoms with Gasteiger partial charge >= 0.3 is 0 Å². The molecule has 172 valence electrons. The third-order valence-corrected chi connectivity index (χ3v) is 5.37. The zero-order chi connectivity index (χ0) is 23.1. The van der Waals surface area contributed by atoms with Crippen LogP contribution in [0.4, 0.5) is 0 Å². The number of nitrogens with one attached hydrogen (secondary N) is 1. The molecule has 1 atom stereocenters. The van der Waals surface area contributed by atoms with Crippen molar-refractivity contribution in [3.8, 4) is 17.2 Å². The van der Waals surface area contributed by atoms with E-state index in [0.717, 1.165) is 22.6 Å². The SMILES string of the molecule is CC[C@@H](C(=O)NC(C)C)N(Cc1cccc(OC)c1)C(=O)CCc1ccc2c(c1)OCO2. The van der Waals surface area contributed by atoms with Crippen molar-refractivity contribution in [2.45, 2.75) is 58.7 Å². The van der Waals surface area contributed by atoms with Crippen LogP contribution in [0.3, 0.4) is 0 Å². The maximum absolute atomic E-state index is 13.4. The largest absolute Gasteiger partial charge is 0.497 e. The van der Waals surface area contributed by atoms with E-state index in [9.17, 15) is 9.59 Å². The highest BCUT2D eigenvalue weighted by molar-refractivity contribution is 5.87.